The zero-order valence-electron chi connectivity index (χ0n) is 14.0. The van der Waals surface area contributed by atoms with Crippen LogP contribution in [0.2, 0.25) is 0 Å². The van der Waals surface area contributed by atoms with Gasteiger partial charge in [0.15, 0.2) is 0 Å². The van der Waals surface area contributed by atoms with Gasteiger partial charge >= 0.3 is 0 Å². The van der Waals surface area contributed by atoms with E-state index in [-0.39, 0.29) is 11.0 Å². The molecule has 0 atom stereocenters. The number of pyridine rings is 1. The fourth-order valence-electron chi connectivity index (χ4n) is 2.86. The fourth-order valence-corrected chi connectivity index (χ4v) is 2.86. The van der Waals surface area contributed by atoms with Crippen LogP contribution in [-0.4, -0.2) is 21.1 Å². The Morgan fingerprint density at radius 3 is 2.48 bits per heavy atom. The molecule has 2 rings (SSSR count). The number of rotatable bonds is 5. The highest BCUT2D eigenvalue weighted by Crippen LogP contribution is 2.29. The molecule has 0 fully saturated rings. The number of aromatic nitrogens is 3. The van der Waals surface area contributed by atoms with Crippen LogP contribution in [-0.2, 0) is 12.0 Å². The second-order valence-electron chi connectivity index (χ2n) is 7.60. The number of hydrogen-bond donors (Lipinski definition) is 1. The van der Waals surface area contributed by atoms with Crippen LogP contribution in [0.25, 0.3) is 11.0 Å². The first-order chi connectivity index (χ1) is 9.74. The van der Waals surface area contributed by atoms with Crippen LogP contribution in [0.15, 0.2) is 18.5 Å². The lowest BCUT2D eigenvalue weighted by Gasteiger charge is -2.27. The van der Waals surface area contributed by atoms with Gasteiger partial charge in [-0.3, -0.25) is 4.98 Å². The van der Waals surface area contributed by atoms with Gasteiger partial charge in [-0.25, -0.2) is 4.98 Å². The first kappa shape index (κ1) is 16.0. The van der Waals surface area contributed by atoms with E-state index in [2.05, 4.69) is 50.2 Å². The van der Waals surface area contributed by atoms with Gasteiger partial charge in [-0.2, -0.15) is 0 Å². The number of aryl methyl sites for hydroxylation is 1. The fraction of sp³-hybridized carbons (Fsp3) is 0.647. The molecule has 0 saturated carbocycles. The first-order valence-corrected chi connectivity index (χ1v) is 7.76. The quantitative estimate of drug-likeness (QED) is 0.916. The molecule has 0 bridgehead atoms. The number of hydrogen-bond acceptors (Lipinski definition) is 3. The molecule has 0 aromatic carbocycles. The zero-order valence-corrected chi connectivity index (χ0v) is 14.0. The molecule has 0 aliphatic carbocycles. The summed E-state index contributed by atoms with van der Waals surface area (Å²) in [5.74, 6) is 1.15. The predicted molar refractivity (Wildman–Crippen MR) is 88.3 cm³/mol. The molecule has 2 heterocycles. The van der Waals surface area contributed by atoms with E-state index in [9.17, 15) is 0 Å². The molecular formula is C17H28N4. The van der Waals surface area contributed by atoms with Crippen molar-refractivity contribution < 1.29 is 0 Å². The highest BCUT2D eigenvalue weighted by Gasteiger charge is 2.23. The van der Waals surface area contributed by atoms with Crippen LogP contribution in [0.4, 0.5) is 0 Å². The molecule has 0 aliphatic rings. The van der Waals surface area contributed by atoms with Gasteiger partial charge in [-0.1, -0.05) is 13.8 Å². The number of nitrogens with zero attached hydrogens (tertiary/aromatic N) is 3. The van der Waals surface area contributed by atoms with E-state index in [0.717, 1.165) is 37.1 Å². The first-order valence-electron chi connectivity index (χ1n) is 7.76. The average Bonchev–Trinajstić information content (AvgIpc) is 2.74. The molecule has 0 saturated heterocycles. The van der Waals surface area contributed by atoms with Crippen LogP contribution in [0.3, 0.4) is 0 Å². The van der Waals surface area contributed by atoms with Crippen molar-refractivity contribution in [1.29, 1.82) is 0 Å². The van der Waals surface area contributed by atoms with Crippen LogP contribution in [0, 0.1) is 5.41 Å². The summed E-state index contributed by atoms with van der Waals surface area (Å²) >= 11 is 0. The third-order valence-corrected chi connectivity index (χ3v) is 4.04. The Morgan fingerprint density at radius 1 is 1.14 bits per heavy atom. The van der Waals surface area contributed by atoms with Gasteiger partial charge in [0.2, 0.25) is 0 Å². The van der Waals surface area contributed by atoms with Crippen molar-refractivity contribution in [2.24, 2.45) is 11.1 Å². The minimum absolute atomic E-state index is 0.0173. The standard InChI is InChI=1S/C17H28N4/c1-16(2,3)21-14-7-11-19-12-13(14)20-15(21)6-8-17(4,5)9-10-18/h7,11-12H,6,8-10,18H2,1-5H3. The summed E-state index contributed by atoms with van der Waals surface area (Å²) in [5, 5.41) is 0. The van der Waals surface area contributed by atoms with Gasteiger partial charge in [-0.05, 0) is 51.6 Å². The minimum atomic E-state index is 0.0173. The molecule has 0 radical (unpaired) electrons. The number of imidazole rings is 1. The Morgan fingerprint density at radius 2 is 1.86 bits per heavy atom. The summed E-state index contributed by atoms with van der Waals surface area (Å²) in [6.45, 7) is 12.0. The molecule has 0 spiro atoms. The van der Waals surface area contributed by atoms with Crippen molar-refractivity contribution in [1.82, 2.24) is 14.5 Å². The van der Waals surface area contributed by atoms with Crippen LogP contribution < -0.4 is 5.73 Å². The lowest BCUT2D eigenvalue weighted by molar-refractivity contribution is 0.303. The van der Waals surface area contributed by atoms with E-state index in [1.54, 1.807) is 0 Å². The lowest BCUT2D eigenvalue weighted by atomic mass is 9.84. The third-order valence-electron chi connectivity index (χ3n) is 4.04. The number of nitrogens with two attached hydrogens (primary N) is 1. The van der Waals surface area contributed by atoms with E-state index >= 15 is 0 Å². The molecule has 2 N–H and O–H groups in total. The van der Waals surface area contributed by atoms with Crippen LogP contribution >= 0.6 is 0 Å². The summed E-state index contributed by atoms with van der Waals surface area (Å²) in [5.41, 5.74) is 8.15. The average molecular weight is 288 g/mol. The van der Waals surface area contributed by atoms with E-state index in [0.29, 0.717) is 0 Å². The summed E-state index contributed by atoms with van der Waals surface area (Å²) < 4.78 is 2.35. The van der Waals surface area contributed by atoms with Gasteiger partial charge in [0.05, 0.1) is 11.7 Å². The molecular weight excluding hydrogens is 260 g/mol. The second kappa shape index (κ2) is 5.76. The number of fused-ring (bicyclic) bond motifs is 1. The molecule has 0 unspecified atom stereocenters. The van der Waals surface area contributed by atoms with E-state index in [4.69, 9.17) is 10.7 Å². The maximum atomic E-state index is 5.71. The van der Waals surface area contributed by atoms with Gasteiger partial charge in [0.25, 0.3) is 0 Å². The van der Waals surface area contributed by atoms with E-state index < -0.39 is 0 Å². The summed E-state index contributed by atoms with van der Waals surface area (Å²) in [6, 6.07) is 2.06. The Labute approximate surface area is 127 Å². The zero-order chi connectivity index (χ0) is 15.7. The molecule has 4 nitrogen and oxygen atoms in total. The van der Waals surface area contributed by atoms with Crippen molar-refractivity contribution in [2.75, 3.05) is 6.54 Å². The van der Waals surface area contributed by atoms with Crippen LogP contribution in [0.5, 0.6) is 0 Å². The predicted octanol–water partition coefficient (Wildman–Crippen LogP) is 3.49. The van der Waals surface area contributed by atoms with Crippen molar-refractivity contribution in [3.05, 3.63) is 24.3 Å². The van der Waals surface area contributed by atoms with Crippen molar-refractivity contribution in [2.45, 2.75) is 59.4 Å². The van der Waals surface area contributed by atoms with Crippen LogP contribution in [0.1, 0.15) is 53.3 Å². The highest BCUT2D eigenvalue weighted by molar-refractivity contribution is 5.75. The molecule has 4 heteroatoms. The topological polar surface area (TPSA) is 56.7 Å². The van der Waals surface area contributed by atoms with Crippen molar-refractivity contribution in [3.63, 3.8) is 0 Å². The monoisotopic (exact) mass is 288 g/mol. The maximum absolute atomic E-state index is 5.71. The van der Waals surface area contributed by atoms with E-state index in [1.165, 1.54) is 5.52 Å². The normalized spacial score (nSPS) is 13.0. The lowest BCUT2D eigenvalue weighted by Crippen LogP contribution is -2.25. The van der Waals surface area contributed by atoms with Crippen molar-refractivity contribution in [3.8, 4) is 0 Å². The van der Waals surface area contributed by atoms with Gasteiger partial charge in [0, 0.05) is 18.2 Å². The van der Waals surface area contributed by atoms with Gasteiger partial charge in [0.1, 0.15) is 11.3 Å². The minimum Gasteiger partial charge on any atom is -0.330 e. The molecule has 21 heavy (non-hydrogen) atoms. The Hall–Kier alpha value is -1.42. The molecule has 2 aromatic rings. The summed E-state index contributed by atoms with van der Waals surface area (Å²) in [7, 11) is 0. The highest BCUT2D eigenvalue weighted by atomic mass is 15.1. The maximum Gasteiger partial charge on any atom is 0.110 e. The Balaban J connectivity index is 2.35. The second-order valence-corrected chi connectivity index (χ2v) is 7.60. The summed E-state index contributed by atoms with van der Waals surface area (Å²) in [4.78, 5) is 9.01. The Bertz CT molecular complexity index is 605. The largest absolute Gasteiger partial charge is 0.330 e. The molecule has 116 valence electrons. The van der Waals surface area contributed by atoms with E-state index in [1.807, 2.05) is 12.4 Å². The Kier molecular flexibility index (Phi) is 4.38. The summed E-state index contributed by atoms with van der Waals surface area (Å²) in [6.07, 6.45) is 6.81. The molecule has 2 aromatic heterocycles. The third kappa shape index (κ3) is 3.62. The van der Waals surface area contributed by atoms with Crippen molar-refractivity contribution >= 4 is 11.0 Å². The SMILES string of the molecule is CC(C)(CCN)CCc1nc2cnccc2n1C(C)(C)C. The van der Waals surface area contributed by atoms with Gasteiger partial charge in [-0.15, -0.1) is 0 Å². The smallest absolute Gasteiger partial charge is 0.110 e. The molecule has 0 aliphatic heterocycles. The van der Waals surface area contributed by atoms with Gasteiger partial charge < -0.3 is 10.3 Å². The molecule has 0 amide bonds.